The zero-order valence-corrected chi connectivity index (χ0v) is 64.3. The number of carboxylic acid groups (broad SMARTS) is 2. The Kier molecular flexibility index (Phi) is 23.5. The van der Waals surface area contributed by atoms with E-state index in [9.17, 15) is 24.8 Å². The van der Waals surface area contributed by atoms with Crippen LogP contribution in [0.15, 0.2) is 306 Å². The Balaban J connectivity index is 0.000000175. The van der Waals surface area contributed by atoms with Gasteiger partial charge in [-0.1, -0.05) is 249 Å². The van der Waals surface area contributed by atoms with Gasteiger partial charge in [-0.3, -0.25) is 4.79 Å². The molecule has 0 atom stereocenters. The molecule has 2 aliphatic rings. The molecule has 12 aromatic carbocycles. The highest BCUT2D eigenvalue weighted by molar-refractivity contribution is 5.98. The van der Waals surface area contributed by atoms with Crippen molar-refractivity contribution >= 4 is 80.4 Å². The van der Waals surface area contributed by atoms with Crippen LogP contribution in [0.2, 0.25) is 0 Å². The first-order valence-electron chi connectivity index (χ1n) is 39.3. The third-order valence-corrected chi connectivity index (χ3v) is 22.2. The van der Waals surface area contributed by atoms with Crippen LogP contribution in [-0.4, -0.2) is 35.0 Å². The van der Waals surface area contributed by atoms with E-state index in [1.54, 1.807) is 12.1 Å². The van der Waals surface area contributed by atoms with E-state index in [-0.39, 0.29) is 16.4 Å². The summed E-state index contributed by atoms with van der Waals surface area (Å²) in [7, 11) is 0. The minimum Gasteiger partial charge on any atom is -0.477 e. The van der Waals surface area contributed by atoms with Gasteiger partial charge in [-0.25, -0.2) is 16.2 Å². The second-order valence-electron chi connectivity index (χ2n) is 29.3. The summed E-state index contributed by atoms with van der Waals surface area (Å²) in [5.74, 6) is -0.711. The lowest BCUT2D eigenvalue weighted by Gasteiger charge is -2.33. The largest absolute Gasteiger partial charge is 0.477 e. The molecule has 14 aromatic rings. The zero-order valence-electron chi connectivity index (χ0n) is 64.3. The number of rotatable bonds is 26. The number of fused-ring (bicyclic) bond motifs is 8. The number of nitrogens with zero attached hydrogens (tertiary/aromatic N) is 4. The van der Waals surface area contributed by atoms with Gasteiger partial charge in [0, 0.05) is 72.4 Å². The van der Waals surface area contributed by atoms with E-state index in [4.69, 9.17) is 20.5 Å². The van der Waals surface area contributed by atoms with Gasteiger partial charge in [0.25, 0.3) is 0 Å². The number of anilines is 6. The first kappa shape index (κ1) is 76.4. The van der Waals surface area contributed by atoms with Gasteiger partial charge in [0.05, 0.1) is 0 Å². The van der Waals surface area contributed by atoms with Gasteiger partial charge in [-0.05, 0) is 225 Å². The molecule has 2 heterocycles. The minimum absolute atomic E-state index is 0.0727. The Morgan fingerprint density at radius 3 is 1.04 bits per heavy atom. The number of furan rings is 2. The molecule has 0 bridgehead atoms. The summed E-state index contributed by atoms with van der Waals surface area (Å²) in [4.78, 5) is 39.4. The highest BCUT2D eigenvalue weighted by Gasteiger charge is 2.44. The smallest absolute Gasteiger partial charge is 0.384 e. The molecular weight excluding hydrogens is 1390 g/mol. The van der Waals surface area contributed by atoms with Crippen molar-refractivity contribution < 1.29 is 33.4 Å². The van der Waals surface area contributed by atoms with E-state index in [2.05, 4.69) is 291 Å². The predicted octanol–water partition coefficient (Wildman–Crippen LogP) is 27.6. The summed E-state index contributed by atoms with van der Waals surface area (Å²) in [5.41, 5.74) is 26.8. The standard InChI is InChI=1S/C51H44N2O3.C48H43NO2.C3H3NO2/c1-3-5-27-51(28-6-4-2)46-31-37(36-19-23-43(24-20-36)53(41-13-9-7-10-14-41)42-15-11-8-12-16-42)21-25-44(46)45-26-22-38(32-47(45)51)49-33-39-18-17-35(30-48(39)56-49)29-40(34-52)50(54)55;1-3-5-27-48(28-6-4-2)44-30-36(35-19-23-41(24-20-35)49(39-13-9-7-10-14-39)40-15-11-8-12-16-40)21-25-42(44)43-26-22-37(31-45(43)48)47-32-38-18-17-34(33-50)29-46(38)51-47;1-4-2-3(5)6/h7-26,29-33H,3-6,27-28H2,1-2H3,(H,54,55);7-26,29-33H,3-6,27-28H2,1-2H3;2H2,(H,5,6)/b40-29-;;. The number of para-hydroxylation sites is 4. The van der Waals surface area contributed by atoms with Crippen LogP contribution in [0.5, 0.6) is 0 Å². The fraction of sp³-hybridized carbons (Fsp3) is 0.186. The number of hydrogen-bond acceptors (Lipinski definition) is 8. The molecule has 0 amide bonds. The molecular formula is C102H90N4O7. The van der Waals surface area contributed by atoms with Crippen LogP contribution < -0.4 is 9.80 Å². The molecule has 16 rings (SSSR count). The monoisotopic (exact) mass is 1480 g/mol. The third kappa shape index (κ3) is 16.0. The van der Waals surface area contributed by atoms with Crippen molar-refractivity contribution in [2.75, 3.05) is 16.3 Å². The van der Waals surface area contributed by atoms with Gasteiger partial charge in [0.2, 0.25) is 0 Å². The molecule has 11 nitrogen and oxygen atoms in total. The fourth-order valence-corrected chi connectivity index (χ4v) is 16.6. The number of unbranched alkanes of at least 4 members (excludes halogenated alkanes) is 4. The lowest BCUT2D eigenvalue weighted by Crippen LogP contribution is -2.25. The minimum atomic E-state index is -1.25. The number of carboxylic acids is 2. The van der Waals surface area contributed by atoms with Crippen molar-refractivity contribution in [3.8, 4) is 73.2 Å². The molecule has 0 saturated heterocycles. The summed E-state index contributed by atoms with van der Waals surface area (Å²) in [5, 5.41) is 28.2. The Labute approximate surface area is 661 Å². The summed E-state index contributed by atoms with van der Waals surface area (Å²) in [6, 6.07) is 105. The molecule has 0 unspecified atom stereocenters. The Morgan fingerprint density at radius 1 is 0.407 bits per heavy atom. The van der Waals surface area contributed by atoms with E-state index < -0.39 is 18.5 Å². The number of aldehydes is 1. The molecule has 0 fully saturated rings. The van der Waals surface area contributed by atoms with Crippen molar-refractivity contribution in [1.82, 2.24) is 0 Å². The SMILES string of the molecule is CCCCC1(CCCC)c2cc(-c3ccc(N(c4ccccc4)c4ccccc4)cc3)ccc2-c2ccc(-c3cc4ccc(/C=C(/C#N)C(=O)O)cc4o3)cc21.CCCCC1(CCCC)c2cc(-c3ccc(N(c4ccccc4)c4ccccc4)cc3)ccc2-c2ccc(-c3cc4ccc(C=O)cc4o3)cc21.[C-]#[N+]CC(=O)O. The van der Waals surface area contributed by atoms with E-state index in [0.717, 1.165) is 144 Å². The quantitative estimate of drug-likeness (QED) is 0.0232. The van der Waals surface area contributed by atoms with Crippen molar-refractivity contribution in [2.45, 2.75) is 116 Å². The molecule has 0 aliphatic heterocycles. The first-order chi connectivity index (χ1) is 55.3. The summed E-state index contributed by atoms with van der Waals surface area (Å²) in [6.45, 7) is 14.7. The fourth-order valence-electron chi connectivity index (χ4n) is 16.6. The number of hydrogen-bond donors (Lipinski definition) is 2. The second kappa shape index (κ2) is 34.7. The predicted molar refractivity (Wildman–Crippen MR) is 460 cm³/mol. The number of carbonyl (C=O) groups excluding carboxylic acids is 1. The lowest BCUT2D eigenvalue weighted by molar-refractivity contribution is -0.135. The van der Waals surface area contributed by atoms with E-state index in [1.807, 2.05) is 36.4 Å². The highest BCUT2D eigenvalue weighted by Crippen LogP contribution is 2.58. The highest BCUT2D eigenvalue weighted by atomic mass is 16.4. The molecule has 0 saturated carbocycles. The zero-order chi connectivity index (χ0) is 78.4. The molecule has 11 heteroatoms. The summed E-state index contributed by atoms with van der Waals surface area (Å²) < 4.78 is 12.8. The molecule has 0 spiro atoms. The van der Waals surface area contributed by atoms with Gasteiger partial charge in [0.15, 0.2) is 0 Å². The van der Waals surface area contributed by atoms with E-state index in [0.29, 0.717) is 16.7 Å². The lowest BCUT2D eigenvalue weighted by atomic mass is 9.70. The Bertz CT molecular complexity index is 5750. The van der Waals surface area contributed by atoms with E-state index >= 15 is 0 Å². The molecule has 560 valence electrons. The van der Waals surface area contributed by atoms with Crippen molar-refractivity contribution in [2.24, 2.45) is 0 Å². The van der Waals surface area contributed by atoms with Gasteiger partial charge in [-0.15, -0.1) is 0 Å². The molecule has 2 aromatic heterocycles. The van der Waals surface area contributed by atoms with Crippen molar-refractivity contribution in [3.05, 3.63) is 342 Å². The Morgan fingerprint density at radius 2 is 0.726 bits per heavy atom. The maximum atomic E-state index is 11.4. The van der Waals surface area contributed by atoms with Crippen LogP contribution in [0.3, 0.4) is 0 Å². The maximum absolute atomic E-state index is 11.4. The Hall–Kier alpha value is -13.4. The van der Waals surface area contributed by atoms with Gasteiger partial charge in [-0.2, -0.15) is 5.26 Å². The maximum Gasteiger partial charge on any atom is 0.384 e. The van der Waals surface area contributed by atoms with Crippen LogP contribution >= 0.6 is 0 Å². The number of benzene rings is 12. The van der Waals surface area contributed by atoms with Crippen LogP contribution in [0.4, 0.5) is 34.1 Å². The van der Waals surface area contributed by atoms with Crippen molar-refractivity contribution in [1.29, 1.82) is 5.26 Å². The average Bonchev–Trinajstić information content (AvgIpc) is 1.57. The summed E-state index contributed by atoms with van der Waals surface area (Å²) in [6.07, 6.45) is 15.7. The van der Waals surface area contributed by atoms with Gasteiger partial charge in [0.1, 0.15) is 40.6 Å². The van der Waals surface area contributed by atoms with Crippen molar-refractivity contribution in [3.63, 3.8) is 0 Å². The van der Waals surface area contributed by atoms with Gasteiger partial charge < -0.3 is 33.7 Å². The average molecular weight is 1480 g/mol. The molecule has 113 heavy (non-hydrogen) atoms. The van der Waals surface area contributed by atoms with Crippen LogP contribution in [-0.2, 0) is 20.4 Å². The molecule has 2 N–H and O–H groups in total. The van der Waals surface area contributed by atoms with E-state index in [1.165, 1.54) is 85.7 Å². The molecule has 2 aliphatic carbocycles. The van der Waals surface area contributed by atoms with Crippen LogP contribution in [0.1, 0.15) is 143 Å². The summed E-state index contributed by atoms with van der Waals surface area (Å²) >= 11 is 0. The molecule has 0 radical (unpaired) electrons. The van der Waals surface area contributed by atoms with Gasteiger partial charge >= 0.3 is 18.5 Å². The second-order valence-corrected chi connectivity index (χ2v) is 29.3. The first-order valence-corrected chi connectivity index (χ1v) is 39.3. The van der Waals surface area contributed by atoms with Crippen LogP contribution in [0, 0.1) is 17.9 Å². The third-order valence-electron chi connectivity index (χ3n) is 22.2. The van der Waals surface area contributed by atoms with Crippen LogP contribution in [0.25, 0.3) is 100 Å². The number of carbonyl (C=O) groups is 3. The number of aliphatic carboxylic acids is 2. The normalized spacial score (nSPS) is 12.5. The topological polar surface area (TPSA) is 153 Å². The number of nitriles is 1.